The van der Waals surface area contributed by atoms with Crippen molar-refractivity contribution in [2.24, 2.45) is 5.73 Å². The van der Waals surface area contributed by atoms with Crippen molar-refractivity contribution in [3.63, 3.8) is 0 Å². The van der Waals surface area contributed by atoms with E-state index in [0.717, 1.165) is 22.3 Å². The van der Waals surface area contributed by atoms with E-state index in [0.29, 0.717) is 0 Å². The van der Waals surface area contributed by atoms with Crippen molar-refractivity contribution in [1.29, 1.82) is 0 Å². The third-order valence-corrected chi connectivity index (χ3v) is 5.76. The molecule has 4 atom stereocenters. The van der Waals surface area contributed by atoms with Crippen molar-refractivity contribution >= 4 is 112 Å². The molecule has 0 saturated heterocycles. The minimum absolute atomic E-state index is 0.0914. The number of nitrogens with one attached hydrogen (secondary N) is 3. The van der Waals surface area contributed by atoms with Gasteiger partial charge >= 0.3 is 82.9 Å². The molecule has 16 nitrogen and oxygen atoms in total. The molecule has 0 heterocycles. The van der Waals surface area contributed by atoms with Crippen molar-refractivity contribution in [3.05, 3.63) is 59.7 Å². The zero-order valence-corrected chi connectivity index (χ0v) is 34.3. The fraction of sp³-hybridized carbons (Fsp3) is 0.346. The van der Waals surface area contributed by atoms with Gasteiger partial charge in [-0.2, -0.15) is 0 Å². The quantitative estimate of drug-likeness (QED) is 0.0854. The van der Waals surface area contributed by atoms with Crippen LogP contribution in [0.15, 0.2) is 48.5 Å². The standard InChI is InChI=1S/C20H20N2O7.C5H10N2O5.CH3I.3HI.V/c23-16(17(24)19(26)27)18(25)21-10-22-20(28)29-9-15-13-7-3-1-5-11(13)12-6-2-4-8-14(12)15;6-1-7-4(10)2(8)3(9)5(11)12;1-2;;;;/h1-8,15-17,23-24H,9-10H2,(H,21,25)(H,22,28)(H,26,27);2-3,8-9H,1,6H2,(H,7,10)(H,11,12);1H3;3*1H;/q;;;;;;+3/p-3. The van der Waals surface area contributed by atoms with Crippen molar-refractivity contribution in [2.45, 2.75) is 30.3 Å². The Bertz CT molecular complexity index is 1280. The van der Waals surface area contributed by atoms with Crippen molar-refractivity contribution < 1.29 is 64.3 Å². The number of nitrogens with two attached hydrogens (primary N) is 1. The van der Waals surface area contributed by atoms with Gasteiger partial charge in [-0.25, -0.2) is 14.4 Å². The first kappa shape index (κ1) is 45.9. The molecule has 0 radical (unpaired) electrons. The summed E-state index contributed by atoms with van der Waals surface area (Å²) in [4.78, 5) is 56.3. The number of fused-ring (bicyclic) bond motifs is 3. The topological polar surface area (TPSA) is 278 Å². The van der Waals surface area contributed by atoms with E-state index in [2.05, 4.69) is 93.2 Å². The van der Waals surface area contributed by atoms with E-state index in [1.54, 1.807) is 0 Å². The second-order valence-corrected chi connectivity index (χ2v) is 44.0. The van der Waals surface area contributed by atoms with Crippen LogP contribution in [0.2, 0.25) is 0 Å². The van der Waals surface area contributed by atoms with E-state index in [4.69, 9.17) is 36.0 Å². The summed E-state index contributed by atoms with van der Waals surface area (Å²) in [5.74, 6) is -5.69. The number of carbonyl (C=O) groups excluding carboxylic acids is 3. The molecule has 11 N–H and O–H groups in total. The number of carbonyl (C=O) groups is 5. The van der Waals surface area contributed by atoms with Crippen LogP contribution in [-0.4, -0.2) is 110 Å². The molecule has 1 aliphatic rings. The first-order chi connectivity index (χ1) is 22.1. The van der Waals surface area contributed by atoms with Gasteiger partial charge in [0.25, 0.3) is 11.8 Å². The van der Waals surface area contributed by atoms with E-state index < -0.39 is 60.9 Å². The van der Waals surface area contributed by atoms with Crippen LogP contribution in [0.4, 0.5) is 4.79 Å². The first-order valence-electron chi connectivity index (χ1n) is 12.8. The Morgan fingerprint density at radius 2 is 1.13 bits per heavy atom. The average Bonchev–Trinajstić information content (AvgIpc) is 3.36. The van der Waals surface area contributed by atoms with Gasteiger partial charge < -0.3 is 57.1 Å². The van der Waals surface area contributed by atoms with Gasteiger partial charge in [0.15, 0.2) is 24.4 Å². The molecule has 1 aliphatic carbocycles. The van der Waals surface area contributed by atoms with Crippen molar-refractivity contribution in [3.8, 4) is 11.1 Å². The Hall–Kier alpha value is -1.11. The number of carboxylic acid groups (broad SMARTS) is 2. The van der Waals surface area contributed by atoms with E-state index in [9.17, 15) is 29.1 Å². The number of aliphatic hydroxyl groups is 4. The van der Waals surface area contributed by atoms with E-state index in [-0.39, 0.29) is 24.1 Å². The molecule has 0 aromatic heterocycles. The molecule has 47 heavy (non-hydrogen) atoms. The number of alkyl halides is 1. The molecule has 0 spiro atoms. The molecule has 0 aliphatic heterocycles. The summed E-state index contributed by atoms with van der Waals surface area (Å²) in [5.41, 5.74) is 9.17. The van der Waals surface area contributed by atoms with Gasteiger partial charge in [0, 0.05) is 5.92 Å². The summed E-state index contributed by atoms with van der Waals surface area (Å²) in [5, 5.41) is 58.9. The molecule has 3 rings (SSSR count). The molecular formula is C26H33I4N4O12V. The van der Waals surface area contributed by atoms with Crippen LogP contribution < -0.4 is 21.7 Å². The molecule has 4 unspecified atom stereocenters. The monoisotopic (exact) mass is 1150 g/mol. The molecule has 0 fully saturated rings. The van der Waals surface area contributed by atoms with E-state index in [1.165, 1.54) is 0 Å². The average molecular weight is 1150 g/mol. The van der Waals surface area contributed by atoms with Gasteiger partial charge in [0.05, 0.1) is 13.3 Å². The summed E-state index contributed by atoms with van der Waals surface area (Å²) in [6.07, 6.45) is -9.33. The zero-order valence-electron chi connectivity index (χ0n) is 24.3. The SMILES string of the molecule is CI.NCNC(=O)C(O)C(O)C(=O)O.O=C(NCNC(=O)C(O)C(O)C(=O)O)OCC1c2ccccc2-c2ccccc21.[I][V]([I])[I]. The molecule has 2 aromatic carbocycles. The molecule has 0 bridgehead atoms. The van der Waals surface area contributed by atoms with Crippen LogP contribution in [-0.2, 0) is 28.8 Å². The van der Waals surface area contributed by atoms with Crippen LogP contribution in [0.3, 0.4) is 0 Å². The molecule has 262 valence electrons. The second-order valence-electron chi connectivity index (χ2n) is 8.61. The summed E-state index contributed by atoms with van der Waals surface area (Å²) in [7, 11) is 0. The number of ether oxygens (including phenoxy) is 1. The van der Waals surface area contributed by atoms with Gasteiger partial charge in [-0.3, -0.25) is 9.59 Å². The number of hydrogen-bond acceptors (Lipinski definition) is 11. The van der Waals surface area contributed by atoms with Crippen LogP contribution in [0.5, 0.6) is 0 Å². The number of alkyl carbamates (subject to hydrolysis) is 1. The number of halogens is 4. The van der Waals surface area contributed by atoms with E-state index >= 15 is 0 Å². The van der Waals surface area contributed by atoms with Crippen molar-refractivity contribution in [1.82, 2.24) is 16.0 Å². The summed E-state index contributed by atoms with van der Waals surface area (Å²) in [6, 6.07) is 15.7. The number of benzene rings is 2. The second kappa shape index (κ2) is 24.9. The molecular weight excluding hydrogens is 1120 g/mol. The Morgan fingerprint density at radius 3 is 1.51 bits per heavy atom. The molecule has 2 aromatic rings. The minimum atomic E-state index is -2.26. The fourth-order valence-corrected chi connectivity index (χ4v) is 3.72. The maximum absolute atomic E-state index is 11.9. The predicted octanol–water partition coefficient (Wildman–Crippen LogP) is 0.936. The summed E-state index contributed by atoms with van der Waals surface area (Å²) in [6.45, 7) is -0.546. The molecule has 0 saturated carbocycles. The Kier molecular flexibility index (Phi) is 24.4. The number of carboxylic acids is 2. The summed E-state index contributed by atoms with van der Waals surface area (Å²) < 4.78 is 5.26. The number of aliphatic carboxylic acids is 2. The third kappa shape index (κ3) is 16.4. The van der Waals surface area contributed by atoms with Gasteiger partial charge in [-0.15, -0.1) is 0 Å². The van der Waals surface area contributed by atoms with Crippen LogP contribution in [0, 0.1) is 0 Å². The van der Waals surface area contributed by atoms with Crippen LogP contribution in [0.25, 0.3) is 11.1 Å². The maximum atomic E-state index is 11.9. The number of rotatable bonds is 11. The number of amides is 3. The molecule has 3 amide bonds. The van der Waals surface area contributed by atoms with Gasteiger partial charge in [0.2, 0.25) is 0 Å². The first-order valence-corrected chi connectivity index (χ1v) is 28.5. The van der Waals surface area contributed by atoms with Crippen LogP contribution in [0.1, 0.15) is 17.0 Å². The number of hydrogen-bond donors (Lipinski definition) is 10. The van der Waals surface area contributed by atoms with Crippen molar-refractivity contribution in [2.75, 3.05) is 24.9 Å². The van der Waals surface area contributed by atoms with Gasteiger partial charge in [0.1, 0.15) is 6.61 Å². The van der Waals surface area contributed by atoms with Gasteiger partial charge in [-0.1, -0.05) is 71.1 Å². The number of aliphatic hydroxyl groups excluding tert-OH is 4. The third-order valence-electron chi connectivity index (χ3n) is 5.76. The van der Waals surface area contributed by atoms with E-state index in [1.807, 2.05) is 58.8 Å². The van der Waals surface area contributed by atoms with Crippen LogP contribution >= 0.6 is 82.5 Å². The Morgan fingerprint density at radius 1 is 0.745 bits per heavy atom. The fourth-order valence-electron chi connectivity index (χ4n) is 3.72. The Balaban J connectivity index is 0.000000979. The predicted molar refractivity (Wildman–Crippen MR) is 200 cm³/mol. The normalized spacial score (nSPS) is 13.5. The zero-order chi connectivity index (χ0) is 36.3. The van der Waals surface area contributed by atoms with Gasteiger partial charge in [-0.05, 0) is 27.2 Å². The summed E-state index contributed by atoms with van der Waals surface area (Å²) >= 11 is 9.54. The Labute approximate surface area is 320 Å². The molecule has 21 heteroatoms.